The number of hydrogen-bond donors (Lipinski definition) is 2. The van der Waals surface area contributed by atoms with E-state index < -0.39 is 12.1 Å². The fraction of sp³-hybridized carbons (Fsp3) is 0.417. The van der Waals surface area contributed by atoms with E-state index in [0.717, 1.165) is 22.4 Å². The third-order valence-electron chi connectivity index (χ3n) is 2.44. The molecule has 0 saturated carbocycles. The predicted molar refractivity (Wildman–Crippen MR) is 59.8 cm³/mol. The van der Waals surface area contributed by atoms with Gasteiger partial charge < -0.3 is 14.9 Å². The second kappa shape index (κ2) is 4.99. The van der Waals surface area contributed by atoms with Crippen molar-refractivity contribution in [3.05, 3.63) is 28.8 Å². The summed E-state index contributed by atoms with van der Waals surface area (Å²) in [6, 6.07) is 3.66. The second-order valence-corrected chi connectivity index (χ2v) is 3.82. The van der Waals surface area contributed by atoms with E-state index >= 15 is 0 Å². The van der Waals surface area contributed by atoms with E-state index in [4.69, 9.17) is 9.84 Å². The SMILES string of the molecule is COc1c(C)cc(C[C@@H](O)C(=O)O)cc1C. The first-order chi connectivity index (χ1) is 7.45. The number of carboxylic acids is 1. The monoisotopic (exact) mass is 224 g/mol. The predicted octanol–water partition coefficient (Wildman–Crippen LogP) is 1.30. The first-order valence-electron chi connectivity index (χ1n) is 5.00. The molecular formula is C12H16O4. The summed E-state index contributed by atoms with van der Waals surface area (Å²) in [5.74, 6) is -0.403. The molecule has 0 heterocycles. The van der Waals surface area contributed by atoms with Crippen molar-refractivity contribution >= 4 is 5.97 Å². The van der Waals surface area contributed by atoms with E-state index in [1.54, 1.807) is 7.11 Å². The minimum absolute atomic E-state index is 0.112. The number of methoxy groups -OCH3 is 1. The van der Waals surface area contributed by atoms with Crippen LogP contribution in [-0.4, -0.2) is 29.4 Å². The maximum atomic E-state index is 10.5. The first kappa shape index (κ1) is 12.5. The number of hydrogen-bond acceptors (Lipinski definition) is 3. The van der Waals surface area contributed by atoms with Gasteiger partial charge in [-0.3, -0.25) is 0 Å². The molecule has 0 aromatic heterocycles. The fourth-order valence-electron chi connectivity index (χ4n) is 1.79. The van der Waals surface area contributed by atoms with Gasteiger partial charge in [0.2, 0.25) is 0 Å². The molecular weight excluding hydrogens is 208 g/mol. The van der Waals surface area contributed by atoms with Crippen molar-refractivity contribution in [3.8, 4) is 5.75 Å². The molecule has 88 valence electrons. The Hall–Kier alpha value is -1.55. The summed E-state index contributed by atoms with van der Waals surface area (Å²) in [5.41, 5.74) is 2.68. The van der Waals surface area contributed by atoms with Crippen molar-refractivity contribution < 1.29 is 19.7 Å². The van der Waals surface area contributed by atoms with Gasteiger partial charge in [-0.05, 0) is 30.5 Å². The van der Waals surface area contributed by atoms with Gasteiger partial charge in [-0.1, -0.05) is 12.1 Å². The Morgan fingerprint density at radius 3 is 2.25 bits per heavy atom. The number of carboxylic acid groups (broad SMARTS) is 1. The Morgan fingerprint density at radius 2 is 1.88 bits per heavy atom. The van der Waals surface area contributed by atoms with Gasteiger partial charge in [0, 0.05) is 6.42 Å². The molecule has 0 aliphatic rings. The third-order valence-corrected chi connectivity index (χ3v) is 2.44. The number of carbonyl (C=O) groups is 1. The summed E-state index contributed by atoms with van der Waals surface area (Å²) in [6.07, 6.45) is -1.24. The van der Waals surface area contributed by atoms with Crippen LogP contribution in [0.2, 0.25) is 0 Å². The third kappa shape index (κ3) is 2.73. The van der Waals surface area contributed by atoms with Crippen LogP contribution in [0.4, 0.5) is 0 Å². The maximum Gasteiger partial charge on any atom is 0.332 e. The van der Waals surface area contributed by atoms with Crippen molar-refractivity contribution in [2.24, 2.45) is 0 Å². The number of rotatable bonds is 4. The highest BCUT2D eigenvalue weighted by Crippen LogP contribution is 2.24. The van der Waals surface area contributed by atoms with Crippen molar-refractivity contribution in [1.29, 1.82) is 0 Å². The normalized spacial score (nSPS) is 12.2. The summed E-state index contributed by atoms with van der Waals surface area (Å²) < 4.78 is 5.20. The Kier molecular flexibility index (Phi) is 3.90. The van der Waals surface area contributed by atoms with Gasteiger partial charge in [-0.25, -0.2) is 4.79 Å². The standard InChI is InChI=1S/C12H16O4/c1-7-4-9(6-10(13)12(14)15)5-8(2)11(7)16-3/h4-5,10,13H,6H2,1-3H3,(H,14,15)/t10-/m1/s1. The lowest BCUT2D eigenvalue weighted by atomic mass is 10.0. The van der Waals surface area contributed by atoms with Crippen LogP contribution in [0, 0.1) is 13.8 Å². The lowest BCUT2D eigenvalue weighted by molar-refractivity contribution is -0.146. The van der Waals surface area contributed by atoms with Crippen LogP contribution in [0.5, 0.6) is 5.75 Å². The molecule has 0 amide bonds. The number of benzene rings is 1. The molecule has 16 heavy (non-hydrogen) atoms. The number of aliphatic hydroxyl groups is 1. The van der Waals surface area contributed by atoms with Crippen LogP contribution in [0.1, 0.15) is 16.7 Å². The van der Waals surface area contributed by atoms with E-state index in [9.17, 15) is 9.90 Å². The van der Waals surface area contributed by atoms with Crippen molar-refractivity contribution in [2.45, 2.75) is 26.4 Å². The van der Waals surface area contributed by atoms with Crippen LogP contribution in [0.15, 0.2) is 12.1 Å². The Morgan fingerprint density at radius 1 is 1.38 bits per heavy atom. The Labute approximate surface area is 94.5 Å². The smallest absolute Gasteiger partial charge is 0.332 e. The largest absolute Gasteiger partial charge is 0.496 e. The Balaban J connectivity index is 2.96. The molecule has 1 aromatic carbocycles. The van der Waals surface area contributed by atoms with Crippen molar-refractivity contribution in [3.63, 3.8) is 0 Å². The zero-order chi connectivity index (χ0) is 12.3. The van der Waals surface area contributed by atoms with Crippen LogP contribution in [0.3, 0.4) is 0 Å². The summed E-state index contributed by atoms with van der Waals surface area (Å²) >= 11 is 0. The molecule has 2 N–H and O–H groups in total. The van der Waals surface area contributed by atoms with Gasteiger partial charge in [0.25, 0.3) is 0 Å². The molecule has 1 rings (SSSR count). The molecule has 0 saturated heterocycles. The lowest BCUT2D eigenvalue weighted by Crippen LogP contribution is -2.22. The van der Waals surface area contributed by atoms with Crippen LogP contribution in [0.25, 0.3) is 0 Å². The average molecular weight is 224 g/mol. The topological polar surface area (TPSA) is 66.8 Å². The lowest BCUT2D eigenvalue weighted by Gasteiger charge is -2.12. The van der Waals surface area contributed by atoms with Gasteiger partial charge in [0.1, 0.15) is 5.75 Å². The van der Waals surface area contributed by atoms with E-state index in [-0.39, 0.29) is 6.42 Å². The number of ether oxygens (including phenoxy) is 1. The summed E-state index contributed by atoms with van der Waals surface area (Å²) in [5, 5.41) is 17.9. The fourth-order valence-corrected chi connectivity index (χ4v) is 1.79. The van der Waals surface area contributed by atoms with Crippen LogP contribution >= 0.6 is 0 Å². The first-order valence-corrected chi connectivity index (χ1v) is 5.00. The second-order valence-electron chi connectivity index (χ2n) is 3.82. The molecule has 1 atom stereocenters. The molecule has 0 fully saturated rings. The van der Waals surface area contributed by atoms with Gasteiger partial charge in [-0.2, -0.15) is 0 Å². The van der Waals surface area contributed by atoms with Gasteiger partial charge in [0.15, 0.2) is 6.10 Å². The quantitative estimate of drug-likeness (QED) is 0.809. The van der Waals surface area contributed by atoms with E-state index in [1.807, 2.05) is 26.0 Å². The van der Waals surface area contributed by atoms with E-state index in [2.05, 4.69) is 0 Å². The highest BCUT2D eigenvalue weighted by atomic mass is 16.5. The minimum Gasteiger partial charge on any atom is -0.496 e. The highest BCUT2D eigenvalue weighted by molar-refractivity contribution is 5.72. The molecule has 4 heteroatoms. The summed E-state index contributed by atoms with van der Waals surface area (Å²) in [6.45, 7) is 3.78. The van der Waals surface area contributed by atoms with E-state index in [0.29, 0.717) is 0 Å². The van der Waals surface area contributed by atoms with E-state index in [1.165, 1.54) is 0 Å². The molecule has 0 bridgehead atoms. The van der Waals surface area contributed by atoms with Crippen molar-refractivity contribution in [2.75, 3.05) is 7.11 Å². The summed E-state index contributed by atoms with van der Waals surface area (Å²) in [4.78, 5) is 10.5. The number of aliphatic hydroxyl groups excluding tert-OH is 1. The molecule has 0 radical (unpaired) electrons. The number of aryl methyl sites for hydroxylation is 2. The number of aliphatic carboxylic acids is 1. The van der Waals surface area contributed by atoms with Gasteiger partial charge in [-0.15, -0.1) is 0 Å². The molecule has 4 nitrogen and oxygen atoms in total. The average Bonchev–Trinajstić information content (AvgIpc) is 2.16. The zero-order valence-electron chi connectivity index (χ0n) is 9.65. The molecule has 0 aliphatic carbocycles. The van der Waals surface area contributed by atoms with Crippen LogP contribution in [-0.2, 0) is 11.2 Å². The molecule has 1 aromatic rings. The Bertz CT molecular complexity index is 375. The minimum atomic E-state index is -1.35. The summed E-state index contributed by atoms with van der Waals surface area (Å²) in [7, 11) is 1.60. The maximum absolute atomic E-state index is 10.5. The van der Waals surface area contributed by atoms with Crippen LogP contribution < -0.4 is 4.74 Å². The van der Waals surface area contributed by atoms with Crippen molar-refractivity contribution in [1.82, 2.24) is 0 Å². The van der Waals surface area contributed by atoms with Gasteiger partial charge >= 0.3 is 5.97 Å². The molecule has 0 unspecified atom stereocenters. The van der Waals surface area contributed by atoms with Gasteiger partial charge in [0.05, 0.1) is 7.11 Å². The zero-order valence-corrected chi connectivity index (χ0v) is 9.65. The molecule has 0 spiro atoms. The highest BCUT2D eigenvalue weighted by Gasteiger charge is 2.15. The molecule has 0 aliphatic heterocycles.